The van der Waals surface area contributed by atoms with Gasteiger partial charge >= 0.3 is 0 Å². The maximum Gasteiger partial charge on any atom is 0.101 e. The average molecular weight is 174 g/mol. The first-order chi connectivity index (χ1) is 4.84. The molecule has 2 N–H and O–H groups in total. The van der Waals surface area contributed by atoms with Crippen LogP contribution in [0.2, 0.25) is 0 Å². The maximum absolute atomic E-state index is 5.00. The number of hydrogen-bond donors (Lipinski definition) is 1. The quantitative estimate of drug-likeness (QED) is 0.695. The first kappa shape index (κ1) is 10.4. The van der Waals surface area contributed by atoms with Gasteiger partial charge in [-0.05, 0) is 12.5 Å². The van der Waals surface area contributed by atoms with E-state index in [-0.39, 0.29) is 18.5 Å². The predicted molar refractivity (Wildman–Crippen MR) is 47.4 cm³/mol. The third-order valence-electron chi connectivity index (χ3n) is 1.47. The van der Waals surface area contributed by atoms with Gasteiger partial charge in [0.1, 0.15) is 6.10 Å². The summed E-state index contributed by atoms with van der Waals surface area (Å²) in [4.78, 5) is 4.64. The molecule has 0 amide bonds. The highest BCUT2D eigenvalue weighted by molar-refractivity contribution is 5.85. The Morgan fingerprint density at radius 2 is 1.82 bits per heavy atom. The summed E-state index contributed by atoms with van der Waals surface area (Å²) < 4.78 is 0. The molecule has 0 heterocycles. The zero-order valence-corrected chi connectivity index (χ0v) is 7.17. The van der Waals surface area contributed by atoms with Crippen molar-refractivity contribution in [2.45, 2.75) is 13.0 Å². The summed E-state index contributed by atoms with van der Waals surface area (Å²) in [5, 5.41) is 0. The first-order valence-electron chi connectivity index (χ1n) is 3.25. The van der Waals surface area contributed by atoms with Crippen molar-refractivity contribution >= 4 is 12.4 Å². The molecular formula is C8H12ClNO. The van der Waals surface area contributed by atoms with E-state index in [0.717, 1.165) is 5.56 Å². The fourth-order valence-electron chi connectivity index (χ4n) is 0.803. The number of halogens is 1. The Morgan fingerprint density at radius 1 is 1.27 bits per heavy atom. The Morgan fingerprint density at radius 3 is 2.27 bits per heavy atom. The minimum absolute atomic E-state index is 0. The van der Waals surface area contributed by atoms with Crippen molar-refractivity contribution in [2.75, 3.05) is 0 Å². The van der Waals surface area contributed by atoms with Gasteiger partial charge in [-0.25, -0.2) is 5.90 Å². The van der Waals surface area contributed by atoms with E-state index in [0.29, 0.717) is 0 Å². The van der Waals surface area contributed by atoms with E-state index in [2.05, 4.69) is 4.84 Å². The van der Waals surface area contributed by atoms with Gasteiger partial charge in [-0.1, -0.05) is 30.3 Å². The zero-order chi connectivity index (χ0) is 7.40. The molecule has 3 heteroatoms. The molecule has 0 bridgehead atoms. The van der Waals surface area contributed by atoms with Gasteiger partial charge in [0.05, 0.1) is 0 Å². The zero-order valence-electron chi connectivity index (χ0n) is 6.36. The smallest absolute Gasteiger partial charge is 0.101 e. The second kappa shape index (κ2) is 5.13. The van der Waals surface area contributed by atoms with Gasteiger partial charge in [-0.3, -0.25) is 4.84 Å². The average Bonchev–Trinajstić information content (AvgIpc) is 2.05. The Balaban J connectivity index is 0.000001000. The lowest BCUT2D eigenvalue weighted by atomic mass is 10.1. The number of nitrogens with two attached hydrogens (primary N) is 1. The summed E-state index contributed by atoms with van der Waals surface area (Å²) in [5.41, 5.74) is 1.10. The Hall–Kier alpha value is -0.570. The molecule has 1 atom stereocenters. The fourth-order valence-corrected chi connectivity index (χ4v) is 0.803. The van der Waals surface area contributed by atoms with Crippen LogP contribution < -0.4 is 5.90 Å². The summed E-state index contributed by atoms with van der Waals surface area (Å²) in [7, 11) is 0. The van der Waals surface area contributed by atoms with Crippen LogP contribution in [-0.4, -0.2) is 0 Å². The van der Waals surface area contributed by atoms with E-state index in [9.17, 15) is 0 Å². The summed E-state index contributed by atoms with van der Waals surface area (Å²) in [5.74, 6) is 5.00. The molecule has 0 fully saturated rings. The minimum atomic E-state index is -0.0128. The Kier molecular flexibility index (Phi) is 4.86. The molecule has 11 heavy (non-hydrogen) atoms. The molecule has 0 aliphatic heterocycles. The minimum Gasteiger partial charge on any atom is -0.297 e. The van der Waals surface area contributed by atoms with Crippen LogP contribution in [-0.2, 0) is 4.84 Å². The van der Waals surface area contributed by atoms with E-state index in [1.54, 1.807) is 0 Å². The maximum atomic E-state index is 5.00. The second-order valence-electron chi connectivity index (χ2n) is 2.19. The van der Waals surface area contributed by atoms with Crippen LogP contribution in [0, 0.1) is 0 Å². The molecule has 62 valence electrons. The second-order valence-corrected chi connectivity index (χ2v) is 2.19. The third kappa shape index (κ3) is 2.89. The van der Waals surface area contributed by atoms with Gasteiger partial charge in [0.25, 0.3) is 0 Å². The van der Waals surface area contributed by atoms with Crippen LogP contribution in [0.4, 0.5) is 0 Å². The number of benzene rings is 1. The summed E-state index contributed by atoms with van der Waals surface area (Å²) >= 11 is 0. The molecule has 2 nitrogen and oxygen atoms in total. The van der Waals surface area contributed by atoms with Gasteiger partial charge in [-0.2, -0.15) is 0 Å². The molecule has 0 saturated heterocycles. The van der Waals surface area contributed by atoms with Gasteiger partial charge in [0.2, 0.25) is 0 Å². The summed E-state index contributed by atoms with van der Waals surface area (Å²) in [6, 6.07) is 9.86. The molecule has 1 aromatic carbocycles. The lowest BCUT2D eigenvalue weighted by Gasteiger charge is -2.06. The summed E-state index contributed by atoms with van der Waals surface area (Å²) in [6.07, 6.45) is -0.0128. The highest BCUT2D eigenvalue weighted by Gasteiger charge is 2.00. The van der Waals surface area contributed by atoms with Crippen LogP contribution in [0.1, 0.15) is 18.6 Å². The molecule has 0 aliphatic carbocycles. The monoisotopic (exact) mass is 173 g/mol. The van der Waals surface area contributed by atoms with E-state index in [4.69, 9.17) is 5.90 Å². The predicted octanol–water partition coefficient (Wildman–Crippen LogP) is 2.06. The van der Waals surface area contributed by atoms with Crippen LogP contribution in [0.15, 0.2) is 30.3 Å². The largest absolute Gasteiger partial charge is 0.297 e. The number of rotatable bonds is 2. The molecule has 1 aromatic rings. The van der Waals surface area contributed by atoms with E-state index < -0.39 is 0 Å². The van der Waals surface area contributed by atoms with Crippen molar-refractivity contribution in [2.24, 2.45) is 5.90 Å². The lowest BCUT2D eigenvalue weighted by molar-refractivity contribution is 0.0664. The van der Waals surface area contributed by atoms with E-state index >= 15 is 0 Å². The normalized spacial score (nSPS) is 11.8. The fraction of sp³-hybridized carbons (Fsp3) is 0.250. The molecule has 0 radical (unpaired) electrons. The van der Waals surface area contributed by atoms with Crippen LogP contribution in [0.25, 0.3) is 0 Å². The van der Waals surface area contributed by atoms with Crippen LogP contribution >= 0.6 is 12.4 Å². The van der Waals surface area contributed by atoms with Crippen molar-refractivity contribution in [3.05, 3.63) is 35.9 Å². The van der Waals surface area contributed by atoms with Crippen molar-refractivity contribution in [1.82, 2.24) is 0 Å². The van der Waals surface area contributed by atoms with Gasteiger partial charge < -0.3 is 0 Å². The Bertz CT molecular complexity index is 191. The van der Waals surface area contributed by atoms with Gasteiger partial charge in [0, 0.05) is 0 Å². The molecule has 0 spiro atoms. The molecule has 0 unspecified atom stereocenters. The van der Waals surface area contributed by atoms with Gasteiger partial charge in [0.15, 0.2) is 0 Å². The van der Waals surface area contributed by atoms with Crippen molar-refractivity contribution in [3.8, 4) is 0 Å². The van der Waals surface area contributed by atoms with Crippen LogP contribution in [0.3, 0.4) is 0 Å². The topological polar surface area (TPSA) is 35.2 Å². The molecule has 0 aromatic heterocycles. The lowest BCUT2D eigenvalue weighted by Crippen LogP contribution is -2.04. The SMILES string of the molecule is C[C@H](ON)c1ccccc1.Cl. The number of hydrogen-bond acceptors (Lipinski definition) is 2. The van der Waals surface area contributed by atoms with Crippen LogP contribution in [0.5, 0.6) is 0 Å². The molecular weight excluding hydrogens is 162 g/mol. The van der Waals surface area contributed by atoms with E-state index in [1.807, 2.05) is 37.3 Å². The first-order valence-corrected chi connectivity index (χ1v) is 3.25. The molecule has 1 rings (SSSR count). The third-order valence-corrected chi connectivity index (χ3v) is 1.47. The van der Waals surface area contributed by atoms with Gasteiger partial charge in [-0.15, -0.1) is 12.4 Å². The standard InChI is InChI=1S/C8H11NO.ClH/c1-7(10-9)8-5-3-2-4-6-8;/h2-7H,9H2,1H3;1H/t7-;/m0./s1. The Labute approximate surface area is 72.7 Å². The highest BCUT2D eigenvalue weighted by Crippen LogP contribution is 2.12. The van der Waals surface area contributed by atoms with E-state index in [1.165, 1.54) is 0 Å². The van der Waals surface area contributed by atoms with Crippen molar-refractivity contribution in [1.29, 1.82) is 0 Å². The molecule has 0 saturated carbocycles. The van der Waals surface area contributed by atoms with Crippen molar-refractivity contribution < 1.29 is 4.84 Å². The molecule has 0 aliphatic rings. The highest BCUT2D eigenvalue weighted by atomic mass is 35.5. The van der Waals surface area contributed by atoms with Crippen molar-refractivity contribution in [3.63, 3.8) is 0 Å². The summed E-state index contributed by atoms with van der Waals surface area (Å²) in [6.45, 7) is 1.91.